The quantitative estimate of drug-likeness (QED) is 0.479. The maximum atomic E-state index is 14.6. The third kappa shape index (κ3) is 4.44. The summed E-state index contributed by atoms with van der Waals surface area (Å²) in [5.41, 5.74) is 0.422. The predicted octanol–water partition coefficient (Wildman–Crippen LogP) is 4.00. The van der Waals surface area contributed by atoms with E-state index in [1.54, 1.807) is 4.90 Å². The van der Waals surface area contributed by atoms with E-state index in [0.717, 1.165) is 12.3 Å². The number of fused-ring (bicyclic) bond motifs is 1. The second-order valence-corrected chi connectivity index (χ2v) is 6.99. The van der Waals surface area contributed by atoms with E-state index in [2.05, 4.69) is 15.3 Å². The molecule has 4 rings (SSSR count). The highest BCUT2D eigenvalue weighted by Crippen LogP contribution is 2.30. The first-order chi connectivity index (χ1) is 14.7. The Morgan fingerprint density at radius 1 is 1.16 bits per heavy atom. The number of nitrogens with one attached hydrogen (secondary N) is 2. The second kappa shape index (κ2) is 7.89. The van der Waals surface area contributed by atoms with Crippen molar-refractivity contribution in [2.45, 2.75) is 19.0 Å². The lowest BCUT2D eigenvalue weighted by Gasteiger charge is -2.29. The Hall–Kier alpha value is -3.63. The molecule has 31 heavy (non-hydrogen) atoms. The van der Waals surface area contributed by atoms with Gasteiger partial charge in [-0.05, 0) is 42.7 Å². The standard InChI is InChI=1S/C20H16F4N4O3/c21-17(18(29)26-13-2-3-14-15(9-13)31-19(30)27-14)11-5-7-28(8-6-11)16-4-1-12(10-25-16)20(22,23)24/h1-4,9-10H,5-8H2,(H,26,29)(H,27,30). The molecule has 0 radical (unpaired) electrons. The molecule has 1 aliphatic heterocycles. The van der Waals surface area contributed by atoms with E-state index in [1.165, 1.54) is 24.3 Å². The van der Waals surface area contributed by atoms with Gasteiger partial charge in [0, 0.05) is 31.0 Å². The van der Waals surface area contributed by atoms with Crippen LogP contribution in [0.1, 0.15) is 18.4 Å². The molecule has 3 aromatic rings. The molecule has 2 aromatic heterocycles. The predicted molar refractivity (Wildman–Crippen MR) is 104 cm³/mol. The van der Waals surface area contributed by atoms with Gasteiger partial charge in [0.15, 0.2) is 11.4 Å². The average molecular weight is 436 g/mol. The van der Waals surface area contributed by atoms with Gasteiger partial charge in [0.05, 0.1) is 11.1 Å². The molecule has 1 aliphatic rings. The first-order valence-electron chi connectivity index (χ1n) is 9.30. The van der Waals surface area contributed by atoms with Crippen molar-refractivity contribution in [3.05, 3.63) is 64.0 Å². The number of H-pyrrole nitrogens is 1. The number of halogens is 4. The van der Waals surface area contributed by atoms with Crippen LogP contribution < -0.4 is 16.0 Å². The average Bonchev–Trinajstić information content (AvgIpc) is 3.12. The molecule has 2 N–H and O–H groups in total. The van der Waals surface area contributed by atoms with E-state index in [-0.39, 0.29) is 24.1 Å². The summed E-state index contributed by atoms with van der Waals surface area (Å²) in [7, 11) is 0. The number of nitrogens with zero attached hydrogens (tertiary/aromatic N) is 2. The molecule has 1 amide bonds. The van der Waals surface area contributed by atoms with Gasteiger partial charge in [0.1, 0.15) is 5.82 Å². The zero-order chi connectivity index (χ0) is 22.2. The van der Waals surface area contributed by atoms with Gasteiger partial charge in [0.2, 0.25) is 0 Å². The Morgan fingerprint density at radius 2 is 1.90 bits per heavy atom. The van der Waals surface area contributed by atoms with Crippen LogP contribution in [0.5, 0.6) is 0 Å². The van der Waals surface area contributed by atoms with Crippen molar-refractivity contribution in [1.82, 2.24) is 9.97 Å². The van der Waals surface area contributed by atoms with E-state index in [4.69, 9.17) is 4.42 Å². The van der Waals surface area contributed by atoms with Crippen molar-refractivity contribution in [2.75, 3.05) is 23.3 Å². The smallest absolute Gasteiger partial charge is 0.408 e. The van der Waals surface area contributed by atoms with Crippen LogP contribution in [0.25, 0.3) is 11.1 Å². The number of anilines is 2. The summed E-state index contributed by atoms with van der Waals surface area (Å²) in [4.78, 5) is 31.5. The highest BCUT2D eigenvalue weighted by molar-refractivity contribution is 6.03. The van der Waals surface area contributed by atoms with Crippen LogP contribution in [-0.2, 0) is 11.0 Å². The second-order valence-electron chi connectivity index (χ2n) is 6.99. The van der Waals surface area contributed by atoms with Crippen LogP contribution in [0.3, 0.4) is 0 Å². The fraction of sp³-hybridized carbons (Fsp3) is 0.250. The number of hydrogen-bond acceptors (Lipinski definition) is 5. The van der Waals surface area contributed by atoms with Crippen molar-refractivity contribution in [2.24, 2.45) is 0 Å². The van der Waals surface area contributed by atoms with Gasteiger partial charge in [-0.1, -0.05) is 0 Å². The van der Waals surface area contributed by atoms with Crippen LogP contribution >= 0.6 is 0 Å². The Bertz CT molecular complexity index is 1200. The lowest BCUT2D eigenvalue weighted by atomic mass is 10.0. The van der Waals surface area contributed by atoms with Gasteiger partial charge < -0.3 is 14.6 Å². The summed E-state index contributed by atoms with van der Waals surface area (Å²) in [6.45, 7) is 0.629. The molecule has 3 heterocycles. The molecule has 1 aromatic carbocycles. The zero-order valence-electron chi connectivity index (χ0n) is 15.9. The van der Waals surface area contributed by atoms with Gasteiger partial charge in [-0.15, -0.1) is 0 Å². The summed E-state index contributed by atoms with van der Waals surface area (Å²) >= 11 is 0. The molecular weight excluding hydrogens is 420 g/mol. The number of benzene rings is 1. The summed E-state index contributed by atoms with van der Waals surface area (Å²) in [5, 5.41) is 2.42. The Morgan fingerprint density at radius 3 is 2.55 bits per heavy atom. The van der Waals surface area contributed by atoms with Gasteiger partial charge in [-0.3, -0.25) is 9.78 Å². The lowest BCUT2D eigenvalue weighted by Crippen LogP contribution is -2.32. The van der Waals surface area contributed by atoms with Crippen LogP contribution in [-0.4, -0.2) is 29.0 Å². The minimum absolute atomic E-state index is 0.230. The topological polar surface area (TPSA) is 91.2 Å². The van der Waals surface area contributed by atoms with Crippen molar-refractivity contribution in [3.63, 3.8) is 0 Å². The third-order valence-corrected chi connectivity index (χ3v) is 4.95. The Balaban J connectivity index is 1.40. The molecule has 11 heteroatoms. The molecule has 0 aliphatic carbocycles. The van der Waals surface area contributed by atoms with Crippen molar-refractivity contribution < 1.29 is 26.8 Å². The van der Waals surface area contributed by atoms with Crippen molar-refractivity contribution in [3.8, 4) is 0 Å². The molecule has 7 nitrogen and oxygen atoms in total. The van der Waals surface area contributed by atoms with E-state index in [0.29, 0.717) is 30.0 Å². The summed E-state index contributed by atoms with van der Waals surface area (Å²) < 4.78 is 57.5. The van der Waals surface area contributed by atoms with Gasteiger partial charge in [-0.25, -0.2) is 14.2 Å². The number of amides is 1. The molecule has 1 fully saturated rings. The normalized spacial score (nSPS) is 14.7. The highest BCUT2D eigenvalue weighted by Gasteiger charge is 2.31. The molecular formula is C20H16F4N4O3. The maximum Gasteiger partial charge on any atom is 0.417 e. The molecule has 0 atom stereocenters. The number of aromatic nitrogens is 2. The van der Waals surface area contributed by atoms with E-state index >= 15 is 0 Å². The van der Waals surface area contributed by atoms with E-state index in [1.807, 2.05) is 0 Å². The molecule has 0 saturated carbocycles. The molecule has 0 unspecified atom stereocenters. The number of carbonyl (C=O) groups excluding carboxylic acids is 1. The number of oxazole rings is 1. The molecule has 0 spiro atoms. The number of hydrogen-bond donors (Lipinski definition) is 2. The number of rotatable bonds is 3. The van der Waals surface area contributed by atoms with Crippen LogP contribution in [0.2, 0.25) is 0 Å². The molecule has 0 bridgehead atoms. The fourth-order valence-corrected chi connectivity index (χ4v) is 3.34. The summed E-state index contributed by atoms with van der Waals surface area (Å²) in [6.07, 6.45) is -3.24. The van der Waals surface area contributed by atoms with Gasteiger partial charge >= 0.3 is 11.9 Å². The number of aromatic amines is 1. The minimum atomic E-state index is -4.46. The SMILES string of the molecule is O=C(Nc1ccc2[nH]c(=O)oc2c1)C(F)=C1CCN(c2ccc(C(F)(F)F)cn2)CC1. The lowest BCUT2D eigenvalue weighted by molar-refractivity contribution is -0.137. The number of alkyl halides is 3. The summed E-state index contributed by atoms with van der Waals surface area (Å²) in [6, 6.07) is 6.65. The zero-order valence-corrected chi connectivity index (χ0v) is 15.9. The number of pyridine rings is 1. The summed E-state index contributed by atoms with van der Waals surface area (Å²) in [5.74, 6) is -2.11. The van der Waals surface area contributed by atoms with Crippen LogP contribution in [0.15, 0.2) is 57.1 Å². The van der Waals surface area contributed by atoms with Crippen LogP contribution in [0, 0.1) is 0 Å². The first kappa shape index (κ1) is 20.6. The largest absolute Gasteiger partial charge is 0.417 e. The maximum absolute atomic E-state index is 14.6. The molecule has 162 valence electrons. The van der Waals surface area contributed by atoms with E-state index in [9.17, 15) is 27.2 Å². The number of carbonyl (C=O) groups is 1. The number of piperidine rings is 1. The first-order valence-corrected chi connectivity index (χ1v) is 9.30. The highest BCUT2D eigenvalue weighted by atomic mass is 19.4. The monoisotopic (exact) mass is 436 g/mol. The van der Waals surface area contributed by atoms with Crippen LogP contribution in [0.4, 0.5) is 29.1 Å². The fourth-order valence-electron chi connectivity index (χ4n) is 3.34. The Labute approximate surface area is 172 Å². The van der Waals surface area contributed by atoms with E-state index < -0.39 is 29.2 Å². The van der Waals surface area contributed by atoms with Crippen molar-refractivity contribution in [1.29, 1.82) is 0 Å². The van der Waals surface area contributed by atoms with Gasteiger partial charge in [0.25, 0.3) is 5.91 Å². The van der Waals surface area contributed by atoms with Crippen molar-refractivity contribution >= 4 is 28.5 Å². The Kier molecular flexibility index (Phi) is 5.25. The third-order valence-electron chi connectivity index (χ3n) is 4.95. The van der Waals surface area contributed by atoms with Gasteiger partial charge in [-0.2, -0.15) is 13.2 Å². The minimum Gasteiger partial charge on any atom is -0.408 e. The molecule has 1 saturated heterocycles.